The molecule has 1 fully saturated rings. The molecule has 1 aliphatic carbocycles. The van der Waals surface area contributed by atoms with Crippen molar-refractivity contribution in [2.75, 3.05) is 38.2 Å². The second-order valence-electron chi connectivity index (χ2n) is 7.05. The molecule has 0 radical (unpaired) electrons. The van der Waals surface area contributed by atoms with E-state index in [4.69, 9.17) is 4.74 Å². The molecule has 0 saturated carbocycles. The molecule has 138 valence electrons. The lowest BCUT2D eigenvalue weighted by Crippen LogP contribution is -2.51. The SMILES string of the molecule is COc1ccc(N2CCN(C(=O)C3CCc4nc(C)sc4C3)CC2)cc1. The summed E-state index contributed by atoms with van der Waals surface area (Å²) in [7, 11) is 1.68. The Morgan fingerprint density at radius 3 is 2.62 bits per heavy atom. The molecule has 2 aromatic rings. The minimum Gasteiger partial charge on any atom is -0.497 e. The maximum absolute atomic E-state index is 13.0. The lowest BCUT2D eigenvalue weighted by molar-refractivity contribution is -0.136. The van der Waals surface area contributed by atoms with Crippen LogP contribution in [0.25, 0.3) is 0 Å². The molecule has 5 nitrogen and oxygen atoms in total. The molecule has 4 rings (SSSR count). The van der Waals surface area contributed by atoms with Gasteiger partial charge in [0.2, 0.25) is 5.91 Å². The Balaban J connectivity index is 1.35. The van der Waals surface area contributed by atoms with Crippen molar-refractivity contribution in [1.29, 1.82) is 0 Å². The highest BCUT2D eigenvalue weighted by Gasteiger charge is 2.31. The Morgan fingerprint density at radius 2 is 1.92 bits per heavy atom. The van der Waals surface area contributed by atoms with E-state index in [-0.39, 0.29) is 5.92 Å². The molecule has 1 unspecified atom stereocenters. The average Bonchev–Trinajstić information content (AvgIpc) is 3.07. The van der Waals surface area contributed by atoms with Gasteiger partial charge < -0.3 is 14.5 Å². The van der Waals surface area contributed by atoms with Gasteiger partial charge in [0.05, 0.1) is 17.8 Å². The van der Waals surface area contributed by atoms with Gasteiger partial charge in [0.15, 0.2) is 0 Å². The molecule has 1 saturated heterocycles. The number of amides is 1. The summed E-state index contributed by atoms with van der Waals surface area (Å²) in [5, 5.41) is 1.12. The number of carbonyl (C=O) groups excluding carboxylic acids is 1. The van der Waals surface area contributed by atoms with Gasteiger partial charge in [0, 0.05) is 42.7 Å². The summed E-state index contributed by atoms with van der Waals surface area (Å²) >= 11 is 1.76. The van der Waals surface area contributed by atoms with Crippen LogP contribution in [0.1, 0.15) is 22.0 Å². The standard InChI is InChI=1S/C20H25N3O2S/c1-14-21-18-8-3-15(13-19(18)26-14)20(24)23-11-9-22(10-12-23)16-4-6-17(25-2)7-5-16/h4-7,15H,3,8-13H2,1-2H3. The van der Waals surface area contributed by atoms with E-state index in [1.54, 1.807) is 18.4 Å². The lowest BCUT2D eigenvalue weighted by Gasteiger charge is -2.38. The number of rotatable bonds is 3. The smallest absolute Gasteiger partial charge is 0.226 e. The van der Waals surface area contributed by atoms with Crippen LogP contribution in [0.2, 0.25) is 0 Å². The van der Waals surface area contributed by atoms with Crippen LogP contribution in [0.15, 0.2) is 24.3 Å². The highest BCUT2D eigenvalue weighted by molar-refractivity contribution is 7.11. The van der Waals surface area contributed by atoms with Crippen molar-refractivity contribution in [2.45, 2.75) is 26.2 Å². The Kier molecular flexibility index (Phi) is 4.85. The highest BCUT2D eigenvalue weighted by Crippen LogP contribution is 2.31. The number of thiazole rings is 1. The first-order valence-corrected chi connectivity index (χ1v) is 10.1. The van der Waals surface area contributed by atoms with Crippen LogP contribution >= 0.6 is 11.3 Å². The van der Waals surface area contributed by atoms with E-state index in [1.165, 1.54) is 16.3 Å². The molecule has 1 atom stereocenters. The minimum atomic E-state index is 0.134. The molecular weight excluding hydrogens is 346 g/mol. The highest BCUT2D eigenvalue weighted by atomic mass is 32.1. The quantitative estimate of drug-likeness (QED) is 0.832. The van der Waals surface area contributed by atoms with Crippen molar-refractivity contribution in [1.82, 2.24) is 9.88 Å². The topological polar surface area (TPSA) is 45.7 Å². The van der Waals surface area contributed by atoms with Crippen LogP contribution in [-0.4, -0.2) is 49.1 Å². The number of hydrogen-bond acceptors (Lipinski definition) is 5. The maximum atomic E-state index is 13.0. The van der Waals surface area contributed by atoms with Crippen molar-refractivity contribution in [2.24, 2.45) is 5.92 Å². The van der Waals surface area contributed by atoms with E-state index in [9.17, 15) is 4.79 Å². The normalized spacial score (nSPS) is 20.0. The van der Waals surface area contributed by atoms with Crippen molar-refractivity contribution in [3.63, 3.8) is 0 Å². The van der Waals surface area contributed by atoms with Crippen LogP contribution in [-0.2, 0) is 17.6 Å². The zero-order chi connectivity index (χ0) is 18.1. The molecular formula is C20H25N3O2S. The predicted molar refractivity (Wildman–Crippen MR) is 104 cm³/mol. The first-order valence-electron chi connectivity index (χ1n) is 9.27. The van der Waals surface area contributed by atoms with Crippen LogP contribution in [0.4, 0.5) is 5.69 Å². The summed E-state index contributed by atoms with van der Waals surface area (Å²) in [6.07, 6.45) is 2.76. The number of carbonyl (C=O) groups is 1. The van der Waals surface area contributed by atoms with Gasteiger partial charge in [0.1, 0.15) is 5.75 Å². The van der Waals surface area contributed by atoms with Gasteiger partial charge in [-0.2, -0.15) is 0 Å². The number of hydrogen-bond donors (Lipinski definition) is 0. The van der Waals surface area contributed by atoms with Crippen LogP contribution < -0.4 is 9.64 Å². The summed E-state index contributed by atoms with van der Waals surface area (Å²) in [5.41, 5.74) is 2.42. The lowest BCUT2D eigenvalue weighted by atomic mass is 9.90. The molecule has 0 N–H and O–H groups in total. The van der Waals surface area contributed by atoms with Gasteiger partial charge in [-0.1, -0.05) is 0 Å². The van der Waals surface area contributed by atoms with Crippen molar-refractivity contribution >= 4 is 22.9 Å². The number of anilines is 1. The summed E-state index contributed by atoms with van der Waals surface area (Å²) in [5.74, 6) is 1.34. The van der Waals surface area contributed by atoms with Gasteiger partial charge in [-0.25, -0.2) is 4.98 Å². The molecule has 6 heteroatoms. The summed E-state index contributed by atoms with van der Waals surface area (Å²) in [6, 6.07) is 8.16. The first kappa shape index (κ1) is 17.3. The number of aryl methyl sites for hydroxylation is 2. The third kappa shape index (κ3) is 3.43. The minimum absolute atomic E-state index is 0.134. The molecule has 0 bridgehead atoms. The van der Waals surface area contributed by atoms with E-state index in [1.807, 2.05) is 12.1 Å². The van der Waals surface area contributed by atoms with Crippen LogP contribution in [0.5, 0.6) is 5.75 Å². The third-order valence-electron chi connectivity index (χ3n) is 5.42. The van der Waals surface area contributed by atoms with Crippen molar-refractivity contribution in [3.8, 4) is 5.75 Å². The molecule has 2 aliphatic rings. The maximum Gasteiger partial charge on any atom is 0.226 e. The fraction of sp³-hybridized carbons (Fsp3) is 0.500. The Hall–Kier alpha value is -2.08. The molecule has 1 aromatic carbocycles. The molecule has 1 aliphatic heterocycles. The number of fused-ring (bicyclic) bond motifs is 1. The predicted octanol–water partition coefficient (Wildman–Crippen LogP) is 2.91. The van der Waals surface area contributed by atoms with Gasteiger partial charge >= 0.3 is 0 Å². The second-order valence-corrected chi connectivity index (χ2v) is 8.34. The largest absolute Gasteiger partial charge is 0.497 e. The summed E-state index contributed by atoms with van der Waals surface area (Å²) < 4.78 is 5.22. The van der Waals surface area contributed by atoms with E-state index in [0.717, 1.165) is 56.2 Å². The Morgan fingerprint density at radius 1 is 1.19 bits per heavy atom. The summed E-state index contributed by atoms with van der Waals surface area (Å²) in [4.78, 5) is 23.3. The van der Waals surface area contributed by atoms with Crippen molar-refractivity contribution < 1.29 is 9.53 Å². The molecule has 0 spiro atoms. The van der Waals surface area contributed by atoms with E-state index in [2.05, 4.69) is 33.8 Å². The third-order valence-corrected chi connectivity index (χ3v) is 6.46. The summed E-state index contributed by atoms with van der Waals surface area (Å²) in [6.45, 7) is 5.43. The van der Waals surface area contributed by atoms with Crippen LogP contribution in [0.3, 0.4) is 0 Å². The fourth-order valence-electron chi connectivity index (χ4n) is 3.95. The zero-order valence-corrected chi connectivity index (χ0v) is 16.2. The zero-order valence-electron chi connectivity index (χ0n) is 15.4. The molecule has 1 amide bonds. The molecule has 26 heavy (non-hydrogen) atoms. The fourth-order valence-corrected chi connectivity index (χ4v) is 5.01. The second kappa shape index (κ2) is 7.27. The van der Waals surface area contributed by atoms with E-state index < -0.39 is 0 Å². The Labute approximate surface area is 158 Å². The number of piperazine rings is 1. The number of aromatic nitrogens is 1. The number of methoxy groups -OCH3 is 1. The molecule has 1 aromatic heterocycles. The van der Waals surface area contributed by atoms with Gasteiger partial charge in [-0.3, -0.25) is 4.79 Å². The van der Waals surface area contributed by atoms with Gasteiger partial charge in [-0.05, 0) is 50.5 Å². The van der Waals surface area contributed by atoms with E-state index >= 15 is 0 Å². The molecule has 2 heterocycles. The van der Waals surface area contributed by atoms with Gasteiger partial charge in [-0.15, -0.1) is 11.3 Å². The number of benzene rings is 1. The van der Waals surface area contributed by atoms with Gasteiger partial charge in [0.25, 0.3) is 0 Å². The van der Waals surface area contributed by atoms with Crippen molar-refractivity contribution in [3.05, 3.63) is 39.8 Å². The number of ether oxygens (including phenoxy) is 1. The first-order chi connectivity index (χ1) is 12.6. The Bertz CT molecular complexity index is 779. The van der Waals surface area contributed by atoms with Crippen LogP contribution in [0, 0.1) is 12.8 Å². The monoisotopic (exact) mass is 371 g/mol. The average molecular weight is 372 g/mol. The van der Waals surface area contributed by atoms with E-state index in [0.29, 0.717) is 5.91 Å². The number of nitrogens with zero attached hydrogens (tertiary/aromatic N) is 3.